The Balaban J connectivity index is 1.86. The van der Waals surface area contributed by atoms with Gasteiger partial charge in [-0.25, -0.2) is 0 Å². The molecule has 0 aliphatic heterocycles. The van der Waals surface area contributed by atoms with Crippen molar-refractivity contribution in [2.45, 2.75) is 64.3 Å². The van der Waals surface area contributed by atoms with E-state index in [0.717, 1.165) is 32.4 Å². The molecular formula is C14H24N2O. The van der Waals surface area contributed by atoms with E-state index in [4.69, 9.17) is 0 Å². The molecule has 1 fully saturated rings. The van der Waals surface area contributed by atoms with Crippen molar-refractivity contribution in [2.24, 2.45) is 0 Å². The van der Waals surface area contributed by atoms with Gasteiger partial charge in [0.15, 0.2) is 0 Å². The molecule has 0 saturated heterocycles. The molecule has 0 radical (unpaired) electrons. The standard InChI is InChI=1S/C14H24N2O/c1-2-9-16-10-5-6-12(16)11-15-13-7-3-4-8-14(13)17/h5-6,10,13-15,17H,2-4,7-9,11H2,1H3. The number of hydrogen-bond acceptors (Lipinski definition) is 2. The number of aliphatic hydroxyl groups excluding tert-OH is 1. The van der Waals surface area contributed by atoms with Gasteiger partial charge in [-0.05, 0) is 31.4 Å². The molecule has 1 saturated carbocycles. The van der Waals surface area contributed by atoms with Gasteiger partial charge in [0, 0.05) is 31.0 Å². The van der Waals surface area contributed by atoms with Crippen molar-refractivity contribution in [1.82, 2.24) is 9.88 Å². The van der Waals surface area contributed by atoms with Crippen LogP contribution in [0.5, 0.6) is 0 Å². The van der Waals surface area contributed by atoms with Gasteiger partial charge in [0.1, 0.15) is 0 Å². The molecule has 17 heavy (non-hydrogen) atoms. The van der Waals surface area contributed by atoms with Gasteiger partial charge in [-0.1, -0.05) is 19.8 Å². The molecule has 0 spiro atoms. The molecule has 3 nitrogen and oxygen atoms in total. The Morgan fingerprint density at radius 3 is 3.00 bits per heavy atom. The number of nitrogens with zero attached hydrogens (tertiary/aromatic N) is 1. The minimum atomic E-state index is -0.154. The molecule has 2 rings (SSSR count). The Hall–Kier alpha value is -0.800. The number of rotatable bonds is 5. The first-order valence-corrected chi connectivity index (χ1v) is 6.86. The highest BCUT2D eigenvalue weighted by atomic mass is 16.3. The molecule has 96 valence electrons. The zero-order chi connectivity index (χ0) is 12.1. The SMILES string of the molecule is CCCn1cccc1CNC1CCCCC1O. The van der Waals surface area contributed by atoms with E-state index in [-0.39, 0.29) is 12.1 Å². The molecule has 2 atom stereocenters. The van der Waals surface area contributed by atoms with Crippen LogP contribution in [0.25, 0.3) is 0 Å². The molecule has 2 N–H and O–H groups in total. The molecule has 1 aliphatic carbocycles. The third-order valence-corrected chi connectivity index (χ3v) is 3.66. The van der Waals surface area contributed by atoms with Crippen LogP contribution < -0.4 is 5.32 Å². The van der Waals surface area contributed by atoms with Gasteiger partial charge in [-0.3, -0.25) is 0 Å². The Bertz CT molecular complexity index is 335. The molecule has 0 bridgehead atoms. The predicted molar refractivity (Wildman–Crippen MR) is 69.8 cm³/mol. The van der Waals surface area contributed by atoms with E-state index in [1.807, 2.05) is 0 Å². The van der Waals surface area contributed by atoms with E-state index < -0.39 is 0 Å². The van der Waals surface area contributed by atoms with Crippen molar-refractivity contribution in [1.29, 1.82) is 0 Å². The number of nitrogens with one attached hydrogen (secondary N) is 1. The Kier molecular flexibility index (Phi) is 4.63. The summed E-state index contributed by atoms with van der Waals surface area (Å²) < 4.78 is 2.29. The van der Waals surface area contributed by atoms with Crippen LogP contribution >= 0.6 is 0 Å². The fourth-order valence-electron chi connectivity index (χ4n) is 2.65. The van der Waals surface area contributed by atoms with E-state index in [0.29, 0.717) is 0 Å². The van der Waals surface area contributed by atoms with Crippen molar-refractivity contribution in [3.05, 3.63) is 24.0 Å². The molecule has 2 unspecified atom stereocenters. The number of aryl methyl sites for hydroxylation is 1. The zero-order valence-electron chi connectivity index (χ0n) is 10.7. The third-order valence-electron chi connectivity index (χ3n) is 3.66. The Morgan fingerprint density at radius 2 is 2.24 bits per heavy atom. The molecule has 0 amide bonds. The van der Waals surface area contributed by atoms with E-state index in [1.165, 1.54) is 18.5 Å². The van der Waals surface area contributed by atoms with Gasteiger partial charge in [-0.15, -0.1) is 0 Å². The number of aromatic nitrogens is 1. The Labute approximate surface area is 104 Å². The molecule has 3 heteroatoms. The smallest absolute Gasteiger partial charge is 0.0693 e. The summed E-state index contributed by atoms with van der Waals surface area (Å²) in [6.07, 6.45) is 7.61. The summed E-state index contributed by atoms with van der Waals surface area (Å²) in [5.74, 6) is 0. The van der Waals surface area contributed by atoms with Crippen LogP contribution in [0.2, 0.25) is 0 Å². The van der Waals surface area contributed by atoms with E-state index in [2.05, 4.69) is 35.1 Å². The normalized spacial score (nSPS) is 25.1. The van der Waals surface area contributed by atoms with E-state index in [1.54, 1.807) is 0 Å². The maximum absolute atomic E-state index is 9.90. The highest BCUT2D eigenvalue weighted by Gasteiger charge is 2.22. The van der Waals surface area contributed by atoms with Gasteiger partial charge in [-0.2, -0.15) is 0 Å². The maximum atomic E-state index is 9.90. The second-order valence-corrected chi connectivity index (χ2v) is 5.03. The maximum Gasteiger partial charge on any atom is 0.0693 e. The summed E-state index contributed by atoms with van der Waals surface area (Å²) in [6, 6.07) is 4.55. The first kappa shape index (κ1) is 12.7. The van der Waals surface area contributed by atoms with Gasteiger partial charge >= 0.3 is 0 Å². The van der Waals surface area contributed by atoms with Crippen LogP contribution in [-0.2, 0) is 13.1 Å². The van der Waals surface area contributed by atoms with Crippen molar-refractivity contribution in [3.8, 4) is 0 Å². The Morgan fingerprint density at radius 1 is 1.41 bits per heavy atom. The first-order valence-electron chi connectivity index (χ1n) is 6.86. The summed E-state index contributed by atoms with van der Waals surface area (Å²) in [7, 11) is 0. The second kappa shape index (κ2) is 6.22. The first-order chi connectivity index (χ1) is 8.31. The zero-order valence-corrected chi connectivity index (χ0v) is 10.7. The molecule has 0 aromatic carbocycles. The number of aliphatic hydroxyl groups is 1. The lowest BCUT2D eigenvalue weighted by Crippen LogP contribution is -2.41. The van der Waals surface area contributed by atoms with Crippen LogP contribution in [0, 0.1) is 0 Å². The van der Waals surface area contributed by atoms with Crippen molar-refractivity contribution < 1.29 is 5.11 Å². The van der Waals surface area contributed by atoms with Crippen LogP contribution in [0.1, 0.15) is 44.7 Å². The summed E-state index contributed by atoms with van der Waals surface area (Å²) in [5, 5.41) is 13.4. The lowest BCUT2D eigenvalue weighted by molar-refractivity contribution is 0.0899. The summed E-state index contributed by atoms with van der Waals surface area (Å²) in [5.41, 5.74) is 1.32. The van der Waals surface area contributed by atoms with Crippen molar-refractivity contribution in [2.75, 3.05) is 0 Å². The molecular weight excluding hydrogens is 212 g/mol. The average Bonchev–Trinajstić information content (AvgIpc) is 2.76. The van der Waals surface area contributed by atoms with Crippen molar-refractivity contribution in [3.63, 3.8) is 0 Å². The third kappa shape index (κ3) is 3.33. The van der Waals surface area contributed by atoms with Crippen LogP contribution in [0.4, 0.5) is 0 Å². The molecule has 1 aromatic heterocycles. The average molecular weight is 236 g/mol. The van der Waals surface area contributed by atoms with E-state index >= 15 is 0 Å². The van der Waals surface area contributed by atoms with Crippen LogP contribution in [0.3, 0.4) is 0 Å². The quantitative estimate of drug-likeness (QED) is 0.823. The number of hydrogen-bond donors (Lipinski definition) is 2. The second-order valence-electron chi connectivity index (χ2n) is 5.03. The minimum Gasteiger partial charge on any atom is -0.392 e. The highest BCUT2D eigenvalue weighted by Crippen LogP contribution is 2.18. The largest absolute Gasteiger partial charge is 0.392 e. The fourth-order valence-corrected chi connectivity index (χ4v) is 2.65. The lowest BCUT2D eigenvalue weighted by Gasteiger charge is -2.28. The van der Waals surface area contributed by atoms with Gasteiger partial charge in [0.25, 0.3) is 0 Å². The lowest BCUT2D eigenvalue weighted by atomic mass is 9.92. The van der Waals surface area contributed by atoms with Crippen LogP contribution in [-0.4, -0.2) is 21.8 Å². The summed E-state index contributed by atoms with van der Waals surface area (Å²) in [4.78, 5) is 0. The van der Waals surface area contributed by atoms with Gasteiger partial charge < -0.3 is 15.0 Å². The van der Waals surface area contributed by atoms with Gasteiger partial charge in [0.05, 0.1) is 6.10 Å². The van der Waals surface area contributed by atoms with E-state index in [9.17, 15) is 5.11 Å². The predicted octanol–water partition coefficient (Wildman–Crippen LogP) is 2.29. The van der Waals surface area contributed by atoms with Gasteiger partial charge in [0.2, 0.25) is 0 Å². The highest BCUT2D eigenvalue weighted by molar-refractivity contribution is 5.07. The fraction of sp³-hybridized carbons (Fsp3) is 0.714. The minimum absolute atomic E-state index is 0.154. The molecule has 1 aliphatic rings. The monoisotopic (exact) mass is 236 g/mol. The van der Waals surface area contributed by atoms with Crippen molar-refractivity contribution >= 4 is 0 Å². The topological polar surface area (TPSA) is 37.2 Å². The molecule has 1 aromatic rings. The summed E-state index contributed by atoms with van der Waals surface area (Å²) in [6.45, 7) is 4.15. The van der Waals surface area contributed by atoms with Crippen LogP contribution in [0.15, 0.2) is 18.3 Å². The molecule has 1 heterocycles. The summed E-state index contributed by atoms with van der Waals surface area (Å²) >= 11 is 0.